The Bertz CT molecular complexity index is 171. The molecule has 82 valence electrons. The number of hydrogen-bond donors (Lipinski definition) is 1. The normalized spacial score (nSPS) is 10.2. The molecule has 0 aromatic rings. The Balaban J connectivity index is 3.47. The van der Waals surface area contributed by atoms with E-state index in [1.807, 2.05) is 0 Å². The SMILES string of the molecule is C=CCSCC(=O)NCC(OC)OC. The maximum absolute atomic E-state index is 11.2. The second-order valence-electron chi connectivity index (χ2n) is 2.51. The predicted octanol–water partition coefficient (Wildman–Crippen LogP) is 0.641. The third-order valence-corrected chi connectivity index (χ3v) is 2.40. The van der Waals surface area contributed by atoms with E-state index in [-0.39, 0.29) is 12.2 Å². The highest BCUT2D eigenvalue weighted by Crippen LogP contribution is 1.98. The largest absolute Gasteiger partial charge is 0.354 e. The van der Waals surface area contributed by atoms with Crippen LogP contribution < -0.4 is 5.32 Å². The van der Waals surface area contributed by atoms with E-state index in [0.29, 0.717) is 12.3 Å². The molecule has 0 rings (SSSR count). The van der Waals surface area contributed by atoms with Gasteiger partial charge in [0.25, 0.3) is 0 Å². The fourth-order valence-electron chi connectivity index (χ4n) is 0.746. The lowest BCUT2D eigenvalue weighted by molar-refractivity contribution is -0.125. The van der Waals surface area contributed by atoms with Gasteiger partial charge in [-0.3, -0.25) is 4.79 Å². The maximum atomic E-state index is 11.2. The molecule has 0 bridgehead atoms. The number of amides is 1. The number of rotatable bonds is 8. The first-order chi connectivity index (χ1) is 6.74. The second kappa shape index (κ2) is 9.05. The highest BCUT2D eigenvalue weighted by atomic mass is 32.2. The predicted molar refractivity (Wildman–Crippen MR) is 58.3 cm³/mol. The number of methoxy groups -OCH3 is 2. The standard InChI is InChI=1S/C9H17NO3S/c1-4-5-14-7-8(11)10-6-9(12-2)13-3/h4,9H,1,5-7H2,2-3H3,(H,10,11). The number of nitrogens with one attached hydrogen (secondary N) is 1. The summed E-state index contributed by atoms with van der Waals surface area (Å²) in [5.41, 5.74) is 0. The molecule has 0 atom stereocenters. The Labute approximate surface area is 89.0 Å². The summed E-state index contributed by atoms with van der Waals surface area (Å²) in [5, 5.41) is 2.70. The van der Waals surface area contributed by atoms with Crippen molar-refractivity contribution in [2.45, 2.75) is 6.29 Å². The van der Waals surface area contributed by atoms with Crippen molar-refractivity contribution in [3.8, 4) is 0 Å². The smallest absolute Gasteiger partial charge is 0.230 e. The Hall–Kier alpha value is -0.520. The van der Waals surface area contributed by atoms with Gasteiger partial charge in [-0.05, 0) is 0 Å². The van der Waals surface area contributed by atoms with Crippen LogP contribution in [-0.4, -0.2) is 44.5 Å². The first kappa shape index (κ1) is 13.5. The van der Waals surface area contributed by atoms with Crippen molar-refractivity contribution in [2.24, 2.45) is 0 Å². The molecule has 0 aromatic carbocycles. The van der Waals surface area contributed by atoms with Crippen molar-refractivity contribution in [2.75, 3.05) is 32.3 Å². The van der Waals surface area contributed by atoms with Crippen LogP contribution in [-0.2, 0) is 14.3 Å². The molecule has 0 spiro atoms. The highest BCUT2D eigenvalue weighted by Gasteiger charge is 2.06. The van der Waals surface area contributed by atoms with Crippen LogP contribution in [0.2, 0.25) is 0 Å². The quantitative estimate of drug-likeness (QED) is 0.370. The molecule has 0 aliphatic heterocycles. The summed E-state index contributed by atoms with van der Waals surface area (Å²) in [6, 6.07) is 0. The molecule has 4 nitrogen and oxygen atoms in total. The average molecular weight is 219 g/mol. The third-order valence-electron chi connectivity index (χ3n) is 1.46. The van der Waals surface area contributed by atoms with Gasteiger partial charge < -0.3 is 14.8 Å². The second-order valence-corrected chi connectivity index (χ2v) is 3.54. The number of carbonyl (C=O) groups excluding carboxylic acids is 1. The van der Waals surface area contributed by atoms with Gasteiger partial charge in [-0.15, -0.1) is 18.3 Å². The van der Waals surface area contributed by atoms with E-state index in [2.05, 4.69) is 11.9 Å². The maximum Gasteiger partial charge on any atom is 0.230 e. The first-order valence-corrected chi connectivity index (χ1v) is 5.41. The van der Waals surface area contributed by atoms with Crippen LogP contribution in [0.1, 0.15) is 0 Å². The van der Waals surface area contributed by atoms with Crippen molar-refractivity contribution in [3.63, 3.8) is 0 Å². The van der Waals surface area contributed by atoms with E-state index in [1.54, 1.807) is 6.08 Å². The zero-order valence-electron chi connectivity index (χ0n) is 8.62. The van der Waals surface area contributed by atoms with Crippen molar-refractivity contribution in [3.05, 3.63) is 12.7 Å². The summed E-state index contributed by atoms with van der Waals surface area (Å²) in [7, 11) is 3.07. The summed E-state index contributed by atoms with van der Waals surface area (Å²) in [6.07, 6.45) is 1.40. The minimum Gasteiger partial charge on any atom is -0.354 e. The Morgan fingerprint density at radius 3 is 2.71 bits per heavy atom. The van der Waals surface area contributed by atoms with Crippen LogP contribution in [0, 0.1) is 0 Å². The van der Waals surface area contributed by atoms with Gasteiger partial charge in [-0.2, -0.15) is 0 Å². The highest BCUT2D eigenvalue weighted by molar-refractivity contribution is 8.00. The van der Waals surface area contributed by atoms with Gasteiger partial charge in [0.1, 0.15) is 0 Å². The summed E-state index contributed by atoms with van der Waals surface area (Å²) in [6.45, 7) is 3.94. The van der Waals surface area contributed by atoms with Crippen LogP contribution in [0.25, 0.3) is 0 Å². The molecule has 0 saturated heterocycles. The number of carbonyl (C=O) groups is 1. The number of ether oxygens (including phenoxy) is 2. The molecule has 5 heteroatoms. The monoisotopic (exact) mass is 219 g/mol. The van der Waals surface area contributed by atoms with Gasteiger partial charge >= 0.3 is 0 Å². The topological polar surface area (TPSA) is 47.6 Å². The zero-order chi connectivity index (χ0) is 10.8. The lowest BCUT2D eigenvalue weighted by atomic mass is 10.5. The average Bonchev–Trinajstić information content (AvgIpc) is 2.20. The van der Waals surface area contributed by atoms with Gasteiger partial charge in [0, 0.05) is 20.0 Å². The van der Waals surface area contributed by atoms with Gasteiger partial charge in [0.15, 0.2) is 6.29 Å². The molecule has 0 aliphatic carbocycles. The molecule has 0 aliphatic rings. The van der Waals surface area contributed by atoms with E-state index < -0.39 is 0 Å². The molecule has 1 N–H and O–H groups in total. The van der Waals surface area contributed by atoms with Crippen molar-refractivity contribution in [1.82, 2.24) is 5.32 Å². The van der Waals surface area contributed by atoms with Crippen LogP contribution >= 0.6 is 11.8 Å². The lowest BCUT2D eigenvalue weighted by Crippen LogP contribution is -2.35. The Morgan fingerprint density at radius 2 is 2.21 bits per heavy atom. The minimum absolute atomic E-state index is 0.0176. The number of thioether (sulfide) groups is 1. The molecule has 0 fully saturated rings. The summed E-state index contributed by atoms with van der Waals surface area (Å²) in [5.74, 6) is 1.20. The van der Waals surface area contributed by atoms with Crippen LogP contribution in [0.3, 0.4) is 0 Å². The van der Waals surface area contributed by atoms with Gasteiger partial charge in [-0.1, -0.05) is 6.08 Å². The molecule has 0 unspecified atom stereocenters. The Morgan fingerprint density at radius 1 is 1.57 bits per heavy atom. The minimum atomic E-state index is -0.372. The molecule has 0 heterocycles. The van der Waals surface area contributed by atoms with Crippen molar-refractivity contribution >= 4 is 17.7 Å². The van der Waals surface area contributed by atoms with Crippen LogP contribution in [0.15, 0.2) is 12.7 Å². The number of hydrogen-bond acceptors (Lipinski definition) is 4. The molecule has 0 radical (unpaired) electrons. The van der Waals surface area contributed by atoms with Crippen LogP contribution in [0.4, 0.5) is 0 Å². The lowest BCUT2D eigenvalue weighted by Gasteiger charge is -2.13. The summed E-state index contributed by atoms with van der Waals surface area (Å²) >= 11 is 1.52. The fraction of sp³-hybridized carbons (Fsp3) is 0.667. The Kier molecular flexibility index (Phi) is 8.72. The van der Waals surface area contributed by atoms with Gasteiger partial charge in [0.05, 0.1) is 12.3 Å². The summed E-state index contributed by atoms with van der Waals surface area (Å²) < 4.78 is 9.83. The van der Waals surface area contributed by atoms with E-state index in [4.69, 9.17) is 9.47 Å². The van der Waals surface area contributed by atoms with Crippen molar-refractivity contribution < 1.29 is 14.3 Å². The molecule has 1 amide bonds. The van der Waals surface area contributed by atoms with Gasteiger partial charge in [0.2, 0.25) is 5.91 Å². The molecular formula is C9H17NO3S. The van der Waals surface area contributed by atoms with E-state index >= 15 is 0 Å². The van der Waals surface area contributed by atoms with Gasteiger partial charge in [-0.25, -0.2) is 0 Å². The summed E-state index contributed by atoms with van der Waals surface area (Å²) in [4.78, 5) is 11.2. The van der Waals surface area contributed by atoms with E-state index in [1.165, 1.54) is 26.0 Å². The fourth-order valence-corrected chi connectivity index (χ4v) is 1.32. The molecule has 0 saturated carbocycles. The molecule has 0 aromatic heterocycles. The molecule has 14 heavy (non-hydrogen) atoms. The zero-order valence-corrected chi connectivity index (χ0v) is 9.43. The first-order valence-electron chi connectivity index (χ1n) is 4.25. The molecular weight excluding hydrogens is 202 g/mol. The van der Waals surface area contributed by atoms with E-state index in [9.17, 15) is 4.79 Å². The van der Waals surface area contributed by atoms with E-state index in [0.717, 1.165) is 5.75 Å². The van der Waals surface area contributed by atoms with Crippen molar-refractivity contribution in [1.29, 1.82) is 0 Å². The van der Waals surface area contributed by atoms with Crippen LogP contribution in [0.5, 0.6) is 0 Å². The third kappa shape index (κ3) is 6.94.